The quantitative estimate of drug-likeness (QED) is 0.684. The second kappa shape index (κ2) is 4.45. The van der Waals surface area contributed by atoms with E-state index in [-0.39, 0.29) is 0 Å². The maximum Gasteiger partial charge on any atom is 0.0166 e. The molecule has 80 valence electrons. The smallest absolute Gasteiger partial charge is 0.0166 e. The lowest BCUT2D eigenvalue weighted by Gasteiger charge is -2.38. The number of hydrogen-bond acceptors (Lipinski definition) is 2. The van der Waals surface area contributed by atoms with Gasteiger partial charge in [0.25, 0.3) is 0 Å². The lowest BCUT2D eigenvalue weighted by atomic mass is 9.90. The molecule has 2 nitrogen and oxygen atoms in total. The van der Waals surface area contributed by atoms with Crippen molar-refractivity contribution in [1.29, 1.82) is 0 Å². The Labute approximate surface area is 87.4 Å². The third-order valence-electron chi connectivity index (χ3n) is 3.81. The van der Waals surface area contributed by atoms with Gasteiger partial charge in [0, 0.05) is 18.6 Å². The summed E-state index contributed by atoms with van der Waals surface area (Å²) in [6.45, 7) is 6.15. The fraction of sp³-hybridized carbons (Fsp3) is 0.833. The van der Waals surface area contributed by atoms with Gasteiger partial charge in [-0.05, 0) is 45.2 Å². The minimum atomic E-state index is 0.852. The lowest BCUT2D eigenvalue weighted by molar-refractivity contribution is 0.117. The predicted octanol–water partition coefficient (Wildman–Crippen LogP) is 1.63. The number of nitrogens with zero attached hydrogens (tertiary/aromatic N) is 1. The van der Waals surface area contributed by atoms with E-state index < -0.39 is 0 Å². The Morgan fingerprint density at radius 3 is 2.50 bits per heavy atom. The zero-order chi connectivity index (χ0) is 9.97. The summed E-state index contributed by atoms with van der Waals surface area (Å²) in [4.78, 5) is 2.67. The summed E-state index contributed by atoms with van der Waals surface area (Å²) in [5, 5.41) is 3.31. The third kappa shape index (κ3) is 1.86. The molecule has 2 heteroatoms. The van der Waals surface area contributed by atoms with Gasteiger partial charge < -0.3 is 5.32 Å². The second-order valence-corrected chi connectivity index (χ2v) is 4.77. The molecule has 0 spiro atoms. The Balaban J connectivity index is 1.94. The maximum absolute atomic E-state index is 3.85. The standard InChI is InChI=1S/C12H22N2/c1-3-6-14-11-4-5-12(14)8-10(7-11)9-13-2/h3,10-13H,1,4-9H2,2H3. The van der Waals surface area contributed by atoms with E-state index in [1.165, 1.54) is 32.2 Å². The fourth-order valence-electron chi connectivity index (χ4n) is 3.29. The highest BCUT2D eigenvalue weighted by molar-refractivity contribution is 4.97. The molecular weight excluding hydrogens is 172 g/mol. The number of rotatable bonds is 4. The molecule has 14 heavy (non-hydrogen) atoms. The molecule has 2 aliphatic rings. The highest BCUT2D eigenvalue weighted by atomic mass is 15.2. The van der Waals surface area contributed by atoms with Crippen molar-refractivity contribution in [3.8, 4) is 0 Å². The summed E-state index contributed by atoms with van der Waals surface area (Å²) in [5.41, 5.74) is 0. The highest BCUT2D eigenvalue weighted by Crippen LogP contribution is 2.38. The summed E-state index contributed by atoms with van der Waals surface area (Å²) < 4.78 is 0. The predicted molar refractivity (Wildman–Crippen MR) is 60.4 cm³/mol. The van der Waals surface area contributed by atoms with Crippen LogP contribution in [0.5, 0.6) is 0 Å². The number of fused-ring (bicyclic) bond motifs is 2. The first-order valence-electron chi connectivity index (χ1n) is 5.86. The van der Waals surface area contributed by atoms with E-state index in [1.54, 1.807) is 0 Å². The average molecular weight is 194 g/mol. The molecule has 0 radical (unpaired) electrons. The molecule has 0 aromatic carbocycles. The van der Waals surface area contributed by atoms with Crippen molar-refractivity contribution in [2.45, 2.75) is 37.8 Å². The Morgan fingerprint density at radius 2 is 2.00 bits per heavy atom. The van der Waals surface area contributed by atoms with Crippen LogP contribution in [0.3, 0.4) is 0 Å². The third-order valence-corrected chi connectivity index (χ3v) is 3.81. The summed E-state index contributed by atoms with van der Waals surface area (Å²) in [5.74, 6) is 0.915. The number of nitrogens with one attached hydrogen (secondary N) is 1. The van der Waals surface area contributed by atoms with Crippen LogP contribution in [0.25, 0.3) is 0 Å². The molecule has 1 N–H and O–H groups in total. The van der Waals surface area contributed by atoms with E-state index in [9.17, 15) is 0 Å². The second-order valence-electron chi connectivity index (χ2n) is 4.77. The van der Waals surface area contributed by atoms with Crippen molar-refractivity contribution < 1.29 is 0 Å². The van der Waals surface area contributed by atoms with Gasteiger partial charge in [-0.2, -0.15) is 0 Å². The molecule has 2 bridgehead atoms. The number of hydrogen-bond donors (Lipinski definition) is 1. The molecule has 2 aliphatic heterocycles. The van der Waals surface area contributed by atoms with Crippen LogP contribution in [0.2, 0.25) is 0 Å². The van der Waals surface area contributed by atoms with E-state index in [2.05, 4.69) is 29.9 Å². The van der Waals surface area contributed by atoms with Crippen molar-refractivity contribution in [3.05, 3.63) is 12.7 Å². The largest absolute Gasteiger partial charge is 0.319 e. The van der Waals surface area contributed by atoms with Crippen molar-refractivity contribution >= 4 is 0 Å². The van der Waals surface area contributed by atoms with Crippen molar-refractivity contribution in [2.24, 2.45) is 5.92 Å². The van der Waals surface area contributed by atoms with Gasteiger partial charge in [-0.25, -0.2) is 0 Å². The Morgan fingerprint density at radius 1 is 1.36 bits per heavy atom. The van der Waals surface area contributed by atoms with E-state index in [0.29, 0.717) is 0 Å². The molecule has 0 aliphatic carbocycles. The lowest BCUT2D eigenvalue weighted by Crippen LogP contribution is -2.44. The Kier molecular flexibility index (Phi) is 3.24. The highest BCUT2D eigenvalue weighted by Gasteiger charge is 2.39. The fourth-order valence-corrected chi connectivity index (χ4v) is 3.29. The van der Waals surface area contributed by atoms with Gasteiger partial charge in [-0.15, -0.1) is 6.58 Å². The van der Waals surface area contributed by atoms with Crippen molar-refractivity contribution in [2.75, 3.05) is 20.1 Å². The molecule has 2 atom stereocenters. The zero-order valence-electron chi connectivity index (χ0n) is 9.21. The average Bonchev–Trinajstić information content (AvgIpc) is 2.44. The van der Waals surface area contributed by atoms with Crippen molar-refractivity contribution in [1.82, 2.24) is 10.2 Å². The summed E-state index contributed by atoms with van der Waals surface area (Å²) in [7, 11) is 2.07. The topological polar surface area (TPSA) is 15.3 Å². The molecule has 0 saturated carbocycles. The molecule has 0 aromatic rings. The molecule has 0 amide bonds. The minimum absolute atomic E-state index is 0.852. The van der Waals surface area contributed by atoms with E-state index in [1.807, 2.05) is 0 Å². The molecule has 2 saturated heterocycles. The summed E-state index contributed by atoms with van der Waals surface area (Å²) >= 11 is 0. The molecule has 2 heterocycles. The first kappa shape index (κ1) is 10.2. The van der Waals surface area contributed by atoms with Gasteiger partial charge in [-0.3, -0.25) is 4.90 Å². The molecule has 2 unspecified atom stereocenters. The van der Waals surface area contributed by atoms with Crippen LogP contribution in [-0.4, -0.2) is 37.1 Å². The molecule has 2 rings (SSSR count). The SMILES string of the molecule is C=CCN1C2CCC1CC(CNC)C2. The van der Waals surface area contributed by atoms with E-state index in [4.69, 9.17) is 0 Å². The molecule has 2 fully saturated rings. The van der Waals surface area contributed by atoms with E-state index in [0.717, 1.165) is 24.5 Å². The van der Waals surface area contributed by atoms with Crippen LogP contribution in [0.15, 0.2) is 12.7 Å². The Bertz CT molecular complexity index is 188. The molecule has 0 aromatic heterocycles. The van der Waals surface area contributed by atoms with Gasteiger partial charge >= 0.3 is 0 Å². The van der Waals surface area contributed by atoms with Gasteiger partial charge in [0.1, 0.15) is 0 Å². The van der Waals surface area contributed by atoms with Gasteiger partial charge in [-0.1, -0.05) is 6.08 Å². The first-order chi connectivity index (χ1) is 6.85. The van der Waals surface area contributed by atoms with Gasteiger partial charge in [0.05, 0.1) is 0 Å². The first-order valence-corrected chi connectivity index (χ1v) is 5.86. The maximum atomic E-state index is 3.85. The summed E-state index contributed by atoms with van der Waals surface area (Å²) in [6.07, 6.45) is 7.68. The van der Waals surface area contributed by atoms with Crippen LogP contribution in [0.1, 0.15) is 25.7 Å². The molecular formula is C12H22N2. The van der Waals surface area contributed by atoms with E-state index >= 15 is 0 Å². The zero-order valence-corrected chi connectivity index (χ0v) is 9.21. The van der Waals surface area contributed by atoms with Crippen LogP contribution in [-0.2, 0) is 0 Å². The Hall–Kier alpha value is -0.340. The van der Waals surface area contributed by atoms with Gasteiger partial charge in [0.2, 0.25) is 0 Å². The van der Waals surface area contributed by atoms with Crippen LogP contribution in [0, 0.1) is 5.92 Å². The minimum Gasteiger partial charge on any atom is -0.319 e. The van der Waals surface area contributed by atoms with Crippen LogP contribution in [0.4, 0.5) is 0 Å². The number of piperidine rings is 1. The van der Waals surface area contributed by atoms with Crippen LogP contribution < -0.4 is 5.32 Å². The van der Waals surface area contributed by atoms with Crippen LogP contribution >= 0.6 is 0 Å². The van der Waals surface area contributed by atoms with Crippen molar-refractivity contribution in [3.63, 3.8) is 0 Å². The van der Waals surface area contributed by atoms with Gasteiger partial charge in [0.15, 0.2) is 0 Å². The monoisotopic (exact) mass is 194 g/mol. The normalized spacial score (nSPS) is 37.4. The summed E-state index contributed by atoms with van der Waals surface area (Å²) in [6, 6.07) is 1.70.